The van der Waals surface area contributed by atoms with E-state index in [4.69, 9.17) is 9.29 Å². The van der Waals surface area contributed by atoms with E-state index in [-0.39, 0.29) is 63.2 Å². The standard InChI is InChI=1S/C16H34O4S.K.H/c1-3-5-6-7-8-9-10-11-12-13-14-16(20-4-2)15-21(17,18)19;;/h16H,3-15H2,1-2H3,(H,17,18,19);;. The Morgan fingerprint density at radius 2 is 1.32 bits per heavy atom. The van der Waals surface area contributed by atoms with E-state index < -0.39 is 10.1 Å². The van der Waals surface area contributed by atoms with Crippen molar-refractivity contribution in [3.05, 3.63) is 0 Å². The molecule has 1 N–H and O–H groups in total. The van der Waals surface area contributed by atoms with Gasteiger partial charge in [0, 0.05) is 6.61 Å². The number of hydrogen-bond donors (Lipinski definition) is 1. The van der Waals surface area contributed by atoms with Crippen LogP contribution in [0.2, 0.25) is 0 Å². The summed E-state index contributed by atoms with van der Waals surface area (Å²) in [6, 6.07) is 0. The first-order valence-corrected chi connectivity index (χ1v) is 10.2. The Bertz CT molecular complexity index is 320. The first-order chi connectivity index (χ1) is 9.99. The molecule has 0 amide bonds. The summed E-state index contributed by atoms with van der Waals surface area (Å²) in [6.07, 6.45) is 12.9. The minimum absolute atomic E-state index is 0. The summed E-state index contributed by atoms with van der Waals surface area (Å²) in [5, 5.41) is 0. The van der Waals surface area contributed by atoms with Gasteiger partial charge < -0.3 is 4.74 Å². The maximum atomic E-state index is 10.9. The van der Waals surface area contributed by atoms with Gasteiger partial charge in [-0.05, 0) is 13.3 Å². The fourth-order valence-corrected chi connectivity index (χ4v) is 3.28. The van der Waals surface area contributed by atoms with Crippen LogP contribution in [0.4, 0.5) is 0 Å². The Balaban J connectivity index is 0. The number of unbranched alkanes of at least 4 members (excludes halogenated alkanes) is 9. The number of ether oxygens (including phenoxy) is 1. The molecule has 0 aliphatic carbocycles. The summed E-state index contributed by atoms with van der Waals surface area (Å²) in [4.78, 5) is 0. The number of hydrogen-bond acceptors (Lipinski definition) is 3. The molecule has 0 aromatic rings. The van der Waals surface area contributed by atoms with Gasteiger partial charge in [0.05, 0.1) is 6.10 Å². The van der Waals surface area contributed by atoms with E-state index in [2.05, 4.69) is 6.92 Å². The van der Waals surface area contributed by atoms with Crippen LogP contribution in [0, 0.1) is 0 Å². The zero-order valence-electron chi connectivity index (χ0n) is 13.8. The second-order valence-corrected chi connectivity index (χ2v) is 7.29. The van der Waals surface area contributed by atoms with E-state index in [9.17, 15) is 8.42 Å². The van der Waals surface area contributed by atoms with Crippen LogP contribution in [0.5, 0.6) is 0 Å². The van der Waals surface area contributed by atoms with Crippen molar-refractivity contribution in [3.63, 3.8) is 0 Å². The van der Waals surface area contributed by atoms with Crippen molar-refractivity contribution < 1.29 is 17.7 Å². The summed E-state index contributed by atoms with van der Waals surface area (Å²) in [5.74, 6) is -0.279. The Kier molecular flexibility index (Phi) is 20.3. The zero-order valence-corrected chi connectivity index (χ0v) is 14.7. The second-order valence-electron chi connectivity index (χ2n) is 5.80. The molecule has 0 rings (SSSR count). The van der Waals surface area contributed by atoms with Crippen LogP contribution in [0.3, 0.4) is 0 Å². The van der Waals surface area contributed by atoms with Gasteiger partial charge in [0.2, 0.25) is 0 Å². The van der Waals surface area contributed by atoms with Gasteiger partial charge in [-0.25, -0.2) is 0 Å². The average Bonchev–Trinajstić information content (AvgIpc) is 2.39. The molecule has 1 unspecified atom stereocenters. The second kappa shape index (κ2) is 17.3. The van der Waals surface area contributed by atoms with Crippen molar-refractivity contribution in [2.24, 2.45) is 0 Å². The summed E-state index contributed by atoms with van der Waals surface area (Å²) in [6.45, 7) is 4.56. The van der Waals surface area contributed by atoms with Crippen LogP contribution in [0.15, 0.2) is 0 Å². The summed E-state index contributed by atoms with van der Waals surface area (Å²) in [7, 11) is -3.93. The van der Waals surface area contributed by atoms with Crippen molar-refractivity contribution in [2.75, 3.05) is 12.4 Å². The molecule has 0 radical (unpaired) electrons. The van der Waals surface area contributed by atoms with Gasteiger partial charge in [-0.3, -0.25) is 4.55 Å². The molecule has 130 valence electrons. The van der Waals surface area contributed by atoms with Crippen molar-refractivity contribution in [1.82, 2.24) is 0 Å². The van der Waals surface area contributed by atoms with E-state index in [1.807, 2.05) is 6.92 Å². The van der Waals surface area contributed by atoms with Gasteiger partial charge in [0.1, 0.15) is 5.75 Å². The molecule has 0 bridgehead atoms. The molecule has 0 saturated heterocycles. The molecule has 0 fully saturated rings. The fraction of sp³-hybridized carbons (Fsp3) is 1.00. The predicted octanol–water partition coefficient (Wildman–Crippen LogP) is 3.94. The van der Waals surface area contributed by atoms with Crippen LogP contribution in [0.25, 0.3) is 0 Å². The topological polar surface area (TPSA) is 63.6 Å². The Labute approximate surface area is 180 Å². The monoisotopic (exact) mass is 362 g/mol. The zero-order chi connectivity index (χ0) is 16.0. The SMILES string of the molecule is CCCCCCCCCCCCC(CS(=O)(=O)O)OCC.[KH]. The van der Waals surface area contributed by atoms with Gasteiger partial charge in [-0.15, -0.1) is 0 Å². The van der Waals surface area contributed by atoms with Crippen molar-refractivity contribution >= 4 is 61.5 Å². The number of rotatable bonds is 15. The minimum atomic E-state index is -3.93. The average molecular weight is 363 g/mol. The normalized spacial score (nSPS) is 12.9. The van der Waals surface area contributed by atoms with Gasteiger partial charge in [0.15, 0.2) is 0 Å². The third-order valence-electron chi connectivity index (χ3n) is 3.68. The molecule has 0 heterocycles. The Morgan fingerprint density at radius 1 is 0.864 bits per heavy atom. The van der Waals surface area contributed by atoms with Crippen molar-refractivity contribution in [2.45, 2.75) is 90.6 Å². The van der Waals surface area contributed by atoms with Crippen molar-refractivity contribution in [1.29, 1.82) is 0 Å². The van der Waals surface area contributed by atoms with Crippen LogP contribution in [0.1, 0.15) is 84.5 Å². The molecule has 22 heavy (non-hydrogen) atoms. The molecule has 0 saturated carbocycles. The van der Waals surface area contributed by atoms with Crippen LogP contribution < -0.4 is 0 Å². The third-order valence-corrected chi connectivity index (χ3v) is 4.47. The van der Waals surface area contributed by atoms with E-state index in [1.165, 1.54) is 51.4 Å². The molecule has 0 aliphatic heterocycles. The van der Waals surface area contributed by atoms with E-state index in [0.717, 1.165) is 12.8 Å². The molecule has 0 aromatic carbocycles. The third kappa shape index (κ3) is 19.6. The summed E-state index contributed by atoms with van der Waals surface area (Å²) < 4.78 is 36.0. The molecular weight excluding hydrogens is 327 g/mol. The Hall–Kier alpha value is 1.51. The van der Waals surface area contributed by atoms with E-state index in [0.29, 0.717) is 13.0 Å². The molecule has 1 atom stereocenters. The van der Waals surface area contributed by atoms with Crippen molar-refractivity contribution in [3.8, 4) is 0 Å². The van der Waals surface area contributed by atoms with E-state index in [1.54, 1.807) is 0 Å². The Morgan fingerprint density at radius 3 is 1.73 bits per heavy atom. The predicted molar refractivity (Wildman–Crippen MR) is 95.4 cm³/mol. The molecule has 6 heteroatoms. The van der Waals surface area contributed by atoms with Gasteiger partial charge in [-0.1, -0.05) is 71.1 Å². The maximum absolute atomic E-state index is 10.9. The molecular formula is C16H35KO4S. The molecule has 4 nitrogen and oxygen atoms in total. The summed E-state index contributed by atoms with van der Waals surface area (Å²) >= 11 is 0. The van der Waals surface area contributed by atoms with Crippen LogP contribution >= 0.6 is 0 Å². The first kappa shape index (κ1) is 25.7. The summed E-state index contributed by atoms with van der Waals surface area (Å²) in [5.41, 5.74) is 0. The molecule has 0 spiro atoms. The first-order valence-electron chi connectivity index (χ1n) is 8.56. The van der Waals surface area contributed by atoms with E-state index >= 15 is 0 Å². The van der Waals surface area contributed by atoms with Gasteiger partial charge in [-0.2, -0.15) is 8.42 Å². The fourth-order valence-electron chi connectivity index (χ4n) is 2.54. The quantitative estimate of drug-likeness (QED) is 0.272. The van der Waals surface area contributed by atoms with Gasteiger partial charge in [0.25, 0.3) is 10.1 Å². The van der Waals surface area contributed by atoms with Crippen LogP contribution in [-0.2, 0) is 14.9 Å². The van der Waals surface area contributed by atoms with Gasteiger partial charge >= 0.3 is 51.4 Å². The van der Waals surface area contributed by atoms with Crippen LogP contribution in [-0.4, -0.2) is 82.8 Å². The molecule has 0 aliphatic rings. The molecule has 0 aromatic heterocycles.